The van der Waals surface area contributed by atoms with Crippen molar-refractivity contribution >= 4 is 5.69 Å². The first kappa shape index (κ1) is 11.4. The number of hydrogen-bond acceptors (Lipinski definition) is 3. The van der Waals surface area contributed by atoms with E-state index in [4.69, 9.17) is 5.73 Å². The number of nitrogen functional groups attached to an aromatic ring is 1. The molecule has 1 saturated heterocycles. The van der Waals surface area contributed by atoms with E-state index in [-0.39, 0.29) is 6.10 Å². The third kappa shape index (κ3) is 2.97. The molecule has 1 fully saturated rings. The van der Waals surface area contributed by atoms with Crippen LogP contribution < -0.4 is 11.1 Å². The zero-order valence-electron chi connectivity index (χ0n) is 9.52. The molecule has 1 aromatic carbocycles. The van der Waals surface area contributed by atoms with Crippen molar-refractivity contribution in [3.8, 4) is 0 Å². The van der Waals surface area contributed by atoms with Gasteiger partial charge in [-0.15, -0.1) is 0 Å². The largest absolute Gasteiger partial charge is 0.399 e. The first-order valence-electron chi connectivity index (χ1n) is 6.00. The molecule has 3 heteroatoms. The van der Waals surface area contributed by atoms with Crippen LogP contribution in [0.5, 0.6) is 0 Å². The molecule has 1 aliphatic rings. The number of nitrogens with two attached hydrogens (primary N) is 1. The standard InChI is InChI=1S/C13H20N2O/c14-12-5-3-11(4-6-12)13(16)8-10-2-1-7-15-9-10/h3-6,10,13,15-16H,1-2,7-9,14H2. The van der Waals surface area contributed by atoms with Crippen LogP contribution in [0.25, 0.3) is 0 Å². The monoisotopic (exact) mass is 220 g/mol. The van der Waals surface area contributed by atoms with Crippen LogP contribution in [0.3, 0.4) is 0 Å². The summed E-state index contributed by atoms with van der Waals surface area (Å²) in [5.41, 5.74) is 7.34. The Labute approximate surface area is 96.7 Å². The van der Waals surface area contributed by atoms with E-state index < -0.39 is 0 Å². The van der Waals surface area contributed by atoms with Crippen molar-refractivity contribution < 1.29 is 5.11 Å². The lowest BCUT2D eigenvalue weighted by Gasteiger charge is -2.25. The summed E-state index contributed by atoms with van der Waals surface area (Å²) >= 11 is 0. The molecule has 0 amide bonds. The van der Waals surface area contributed by atoms with E-state index in [1.165, 1.54) is 12.8 Å². The quantitative estimate of drug-likeness (QED) is 0.679. The second-order valence-corrected chi connectivity index (χ2v) is 4.63. The van der Waals surface area contributed by atoms with Gasteiger partial charge in [0.15, 0.2) is 0 Å². The van der Waals surface area contributed by atoms with Gasteiger partial charge in [-0.1, -0.05) is 12.1 Å². The Morgan fingerprint density at radius 3 is 2.75 bits per heavy atom. The summed E-state index contributed by atoms with van der Waals surface area (Å²) in [7, 11) is 0. The van der Waals surface area contributed by atoms with Crippen LogP contribution >= 0.6 is 0 Å². The number of aliphatic hydroxyl groups excluding tert-OH is 1. The molecule has 4 N–H and O–H groups in total. The zero-order valence-corrected chi connectivity index (χ0v) is 9.52. The maximum absolute atomic E-state index is 10.1. The lowest BCUT2D eigenvalue weighted by atomic mass is 9.91. The van der Waals surface area contributed by atoms with Crippen molar-refractivity contribution in [1.29, 1.82) is 0 Å². The molecular formula is C13H20N2O. The highest BCUT2D eigenvalue weighted by Gasteiger charge is 2.18. The van der Waals surface area contributed by atoms with Crippen LogP contribution in [0.2, 0.25) is 0 Å². The Kier molecular flexibility index (Phi) is 3.80. The third-order valence-corrected chi connectivity index (χ3v) is 3.28. The Bertz CT molecular complexity index is 317. The predicted molar refractivity (Wildman–Crippen MR) is 66.0 cm³/mol. The second kappa shape index (κ2) is 5.32. The Morgan fingerprint density at radius 2 is 2.12 bits per heavy atom. The van der Waals surface area contributed by atoms with Crippen LogP contribution in [-0.4, -0.2) is 18.2 Å². The fourth-order valence-corrected chi connectivity index (χ4v) is 2.30. The minimum absolute atomic E-state index is 0.356. The van der Waals surface area contributed by atoms with Crippen LogP contribution in [0.4, 0.5) is 5.69 Å². The Hall–Kier alpha value is -1.06. The van der Waals surface area contributed by atoms with Gasteiger partial charge in [0.05, 0.1) is 6.10 Å². The van der Waals surface area contributed by atoms with Crippen molar-refractivity contribution in [1.82, 2.24) is 5.32 Å². The van der Waals surface area contributed by atoms with E-state index in [9.17, 15) is 5.11 Å². The highest BCUT2D eigenvalue weighted by atomic mass is 16.3. The molecule has 0 saturated carbocycles. The zero-order chi connectivity index (χ0) is 11.4. The first-order valence-corrected chi connectivity index (χ1v) is 6.00. The summed E-state index contributed by atoms with van der Waals surface area (Å²) in [6.45, 7) is 2.15. The lowest BCUT2D eigenvalue weighted by molar-refractivity contribution is 0.135. The van der Waals surface area contributed by atoms with Crippen LogP contribution in [0, 0.1) is 5.92 Å². The van der Waals surface area contributed by atoms with Gasteiger partial charge in [0.1, 0.15) is 0 Å². The molecule has 0 bridgehead atoms. The molecule has 16 heavy (non-hydrogen) atoms. The van der Waals surface area contributed by atoms with E-state index in [0.717, 1.165) is 30.8 Å². The third-order valence-electron chi connectivity index (χ3n) is 3.28. The SMILES string of the molecule is Nc1ccc(C(O)CC2CCCNC2)cc1. The van der Waals surface area contributed by atoms with Gasteiger partial charge in [-0.3, -0.25) is 0 Å². The molecule has 2 atom stereocenters. The van der Waals surface area contributed by atoms with Gasteiger partial charge in [0.25, 0.3) is 0 Å². The lowest BCUT2D eigenvalue weighted by Crippen LogP contribution is -2.30. The smallest absolute Gasteiger partial charge is 0.0793 e. The Balaban J connectivity index is 1.91. The van der Waals surface area contributed by atoms with Crippen molar-refractivity contribution in [2.45, 2.75) is 25.4 Å². The Morgan fingerprint density at radius 1 is 1.38 bits per heavy atom. The van der Waals surface area contributed by atoms with E-state index >= 15 is 0 Å². The summed E-state index contributed by atoms with van der Waals surface area (Å²) in [5.74, 6) is 0.598. The van der Waals surface area contributed by atoms with Crippen LogP contribution in [0.1, 0.15) is 30.9 Å². The van der Waals surface area contributed by atoms with Gasteiger partial charge in [0.2, 0.25) is 0 Å². The van der Waals surface area contributed by atoms with Crippen LogP contribution in [-0.2, 0) is 0 Å². The minimum Gasteiger partial charge on any atom is -0.399 e. The summed E-state index contributed by atoms with van der Waals surface area (Å²) < 4.78 is 0. The average molecular weight is 220 g/mol. The maximum Gasteiger partial charge on any atom is 0.0793 e. The maximum atomic E-state index is 10.1. The van der Waals surface area contributed by atoms with Crippen molar-refractivity contribution in [2.24, 2.45) is 5.92 Å². The number of hydrogen-bond donors (Lipinski definition) is 3. The average Bonchev–Trinajstić information content (AvgIpc) is 2.31. The summed E-state index contributed by atoms with van der Waals surface area (Å²) in [4.78, 5) is 0. The van der Waals surface area contributed by atoms with E-state index in [1.54, 1.807) is 0 Å². The van der Waals surface area contributed by atoms with Gasteiger partial charge in [0, 0.05) is 5.69 Å². The topological polar surface area (TPSA) is 58.3 Å². The highest BCUT2D eigenvalue weighted by molar-refractivity contribution is 5.39. The molecular weight excluding hydrogens is 200 g/mol. The molecule has 0 aromatic heterocycles. The molecule has 0 aliphatic carbocycles. The number of benzene rings is 1. The van der Waals surface area contributed by atoms with E-state index in [0.29, 0.717) is 5.92 Å². The fraction of sp³-hybridized carbons (Fsp3) is 0.538. The minimum atomic E-state index is -0.356. The number of rotatable bonds is 3. The predicted octanol–water partition coefficient (Wildman–Crippen LogP) is 1.69. The molecule has 2 unspecified atom stereocenters. The fourth-order valence-electron chi connectivity index (χ4n) is 2.30. The van der Waals surface area contributed by atoms with Gasteiger partial charge >= 0.3 is 0 Å². The number of aliphatic hydroxyl groups is 1. The number of piperidine rings is 1. The van der Waals surface area contributed by atoms with E-state index in [1.807, 2.05) is 24.3 Å². The highest BCUT2D eigenvalue weighted by Crippen LogP contribution is 2.25. The molecule has 3 nitrogen and oxygen atoms in total. The molecule has 0 spiro atoms. The molecule has 1 aliphatic heterocycles. The van der Waals surface area contributed by atoms with Gasteiger partial charge in [-0.25, -0.2) is 0 Å². The number of nitrogens with one attached hydrogen (secondary N) is 1. The molecule has 1 aromatic rings. The number of anilines is 1. The molecule has 88 valence electrons. The van der Waals surface area contributed by atoms with Gasteiger partial charge in [-0.05, 0) is 56.0 Å². The second-order valence-electron chi connectivity index (χ2n) is 4.63. The summed E-state index contributed by atoms with van der Waals surface area (Å²) in [5, 5.41) is 13.5. The van der Waals surface area contributed by atoms with E-state index in [2.05, 4.69) is 5.32 Å². The normalized spacial score (nSPS) is 22.9. The van der Waals surface area contributed by atoms with Gasteiger partial charge in [-0.2, -0.15) is 0 Å². The van der Waals surface area contributed by atoms with Gasteiger partial charge < -0.3 is 16.2 Å². The molecule has 0 radical (unpaired) electrons. The summed E-state index contributed by atoms with van der Waals surface area (Å²) in [6, 6.07) is 7.52. The van der Waals surface area contributed by atoms with Crippen molar-refractivity contribution in [2.75, 3.05) is 18.8 Å². The molecule has 2 rings (SSSR count). The molecule has 1 heterocycles. The van der Waals surface area contributed by atoms with Crippen molar-refractivity contribution in [3.63, 3.8) is 0 Å². The first-order chi connectivity index (χ1) is 7.75. The van der Waals surface area contributed by atoms with Crippen molar-refractivity contribution in [3.05, 3.63) is 29.8 Å². The van der Waals surface area contributed by atoms with Crippen LogP contribution in [0.15, 0.2) is 24.3 Å². The summed E-state index contributed by atoms with van der Waals surface area (Å²) in [6.07, 6.45) is 2.93.